The molecule has 20 heavy (non-hydrogen) atoms. The summed E-state index contributed by atoms with van der Waals surface area (Å²) in [5, 5.41) is 8.91. The van der Waals surface area contributed by atoms with Crippen LogP contribution in [0.4, 0.5) is 4.39 Å². The molecular weight excluding hydrogens is 277 g/mol. The van der Waals surface area contributed by atoms with E-state index >= 15 is 0 Å². The Hall–Kier alpha value is -1.54. The van der Waals surface area contributed by atoms with Gasteiger partial charge in [0.1, 0.15) is 5.82 Å². The third-order valence-corrected chi connectivity index (χ3v) is 6.47. The van der Waals surface area contributed by atoms with E-state index in [1.165, 1.54) is 12.1 Å². The number of Topliss-reactive ketones (excluding diaryl/α,β-unsaturated/α-hetero) is 1. The quantitative estimate of drug-likeness (QED) is 0.787. The minimum atomic E-state index is -0.812. The first-order valence-electron chi connectivity index (χ1n) is 6.73. The number of fused-ring (bicyclic) bond motifs is 2. The molecule has 1 aromatic carbocycles. The van der Waals surface area contributed by atoms with Crippen LogP contribution in [0.25, 0.3) is 0 Å². The van der Waals surface area contributed by atoms with Crippen molar-refractivity contribution in [3.63, 3.8) is 0 Å². The van der Waals surface area contributed by atoms with Gasteiger partial charge in [0.2, 0.25) is 0 Å². The monoisotopic (exact) mass is 291 g/mol. The number of ketones is 1. The molecule has 3 rings (SSSR count). The van der Waals surface area contributed by atoms with E-state index in [1.54, 1.807) is 0 Å². The molecule has 0 N–H and O–H groups in total. The van der Waals surface area contributed by atoms with Gasteiger partial charge in [-0.05, 0) is 43.9 Å². The lowest BCUT2D eigenvalue weighted by atomic mass is 9.90. The summed E-state index contributed by atoms with van der Waals surface area (Å²) in [7, 11) is -0.812. The molecule has 2 bridgehead atoms. The van der Waals surface area contributed by atoms with Crippen molar-refractivity contribution >= 4 is 16.6 Å². The number of benzene rings is 1. The summed E-state index contributed by atoms with van der Waals surface area (Å²) in [6.07, 6.45) is 3.02. The molecule has 2 aliphatic heterocycles. The van der Waals surface area contributed by atoms with Crippen LogP contribution in [-0.2, 0) is 10.8 Å². The van der Waals surface area contributed by atoms with Crippen molar-refractivity contribution in [2.24, 2.45) is 5.92 Å². The Morgan fingerprint density at radius 2 is 1.95 bits per heavy atom. The first-order valence-corrected chi connectivity index (χ1v) is 8.01. The van der Waals surface area contributed by atoms with Gasteiger partial charge in [0.15, 0.2) is 5.78 Å². The van der Waals surface area contributed by atoms with Gasteiger partial charge in [-0.3, -0.25) is 9.00 Å². The molecule has 2 fully saturated rings. The summed E-state index contributed by atoms with van der Waals surface area (Å²) in [6.45, 7) is 0. The molecule has 2 atom stereocenters. The fourth-order valence-corrected chi connectivity index (χ4v) is 5.38. The molecule has 5 heteroatoms. The maximum atomic E-state index is 13.9. The van der Waals surface area contributed by atoms with E-state index in [0.29, 0.717) is 12.8 Å². The van der Waals surface area contributed by atoms with Gasteiger partial charge >= 0.3 is 0 Å². The number of carbonyl (C=O) groups is 1. The molecule has 0 radical (unpaired) electrons. The number of carbonyl (C=O) groups excluding carboxylic acids is 1. The lowest BCUT2D eigenvalue weighted by molar-refractivity contribution is 0.0902. The molecule has 0 saturated carbocycles. The number of hydrogen-bond acceptors (Lipinski definition) is 3. The van der Waals surface area contributed by atoms with Gasteiger partial charge in [0, 0.05) is 27.2 Å². The van der Waals surface area contributed by atoms with Crippen LogP contribution in [0.1, 0.15) is 41.6 Å². The van der Waals surface area contributed by atoms with Crippen molar-refractivity contribution in [1.82, 2.24) is 0 Å². The van der Waals surface area contributed by atoms with Gasteiger partial charge in [0.05, 0.1) is 17.2 Å². The Bertz CT molecular complexity index is 621. The van der Waals surface area contributed by atoms with Crippen LogP contribution in [0.5, 0.6) is 0 Å². The van der Waals surface area contributed by atoms with E-state index in [9.17, 15) is 13.4 Å². The van der Waals surface area contributed by atoms with Gasteiger partial charge in [-0.1, -0.05) is 0 Å². The average molecular weight is 291 g/mol. The van der Waals surface area contributed by atoms with E-state index in [-0.39, 0.29) is 33.3 Å². The van der Waals surface area contributed by atoms with Crippen molar-refractivity contribution in [3.05, 3.63) is 35.1 Å². The zero-order valence-corrected chi connectivity index (χ0v) is 11.7. The fourth-order valence-electron chi connectivity index (χ4n) is 3.25. The highest BCUT2D eigenvalue weighted by molar-refractivity contribution is 7.86. The predicted octanol–water partition coefficient (Wildman–Crippen LogP) is 2.57. The Balaban J connectivity index is 1.84. The largest absolute Gasteiger partial charge is 0.294 e. The average Bonchev–Trinajstić information content (AvgIpc) is 2.67. The van der Waals surface area contributed by atoms with E-state index in [4.69, 9.17) is 5.26 Å². The molecule has 2 heterocycles. The number of nitriles is 1. The van der Waals surface area contributed by atoms with Crippen molar-refractivity contribution in [3.8, 4) is 6.07 Å². The molecule has 2 saturated heterocycles. The summed E-state index contributed by atoms with van der Waals surface area (Å²) in [6, 6.07) is 5.81. The molecule has 3 nitrogen and oxygen atoms in total. The molecule has 0 amide bonds. The highest BCUT2D eigenvalue weighted by Gasteiger charge is 2.43. The lowest BCUT2D eigenvalue weighted by Gasteiger charge is -2.26. The first kappa shape index (κ1) is 13.4. The summed E-state index contributed by atoms with van der Waals surface area (Å²) in [5.41, 5.74) is 0.268. The van der Waals surface area contributed by atoms with Crippen LogP contribution in [-0.4, -0.2) is 20.5 Å². The predicted molar refractivity (Wildman–Crippen MR) is 73.1 cm³/mol. The smallest absolute Gasteiger partial charge is 0.168 e. The zero-order chi connectivity index (χ0) is 14.3. The van der Waals surface area contributed by atoms with Crippen LogP contribution in [0, 0.1) is 23.1 Å². The van der Waals surface area contributed by atoms with E-state index in [0.717, 1.165) is 18.9 Å². The van der Waals surface area contributed by atoms with Crippen molar-refractivity contribution in [2.75, 3.05) is 0 Å². The third-order valence-electron chi connectivity index (χ3n) is 4.30. The maximum absolute atomic E-state index is 13.9. The standard InChI is InChI=1S/C15H14FNO2S/c16-14-5-9(8-17)1-4-13(14)15(18)10-6-11-2-3-12(7-10)20(11)19/h1,4-5,10-12H,2-3,6-7H2. The number of hydrogen-bond donors (Lipinski definition) is 0. The Kier molecular flexibility index (Phi) is 3.43. The Labute approximate surface area is 119 Å². The second kappa shape index (κ2) is 5.10. The number of halogens is 1. The van der Waals surface area contributed by atoms with Gasteiger partial charge in [-0.15, -0.1) is 0 Å². The minimum absolute atomic E-state index is 0.0566. The highest BCUT2D eigenvalue weighted by Crippen LogP contribution is 2.40. The topological polar surface area (TPSA) is 57.9 Å². The molecule has 0 aliphatic carbocycles. The molecule has 0 spiro atoms. The zero-order valence-electron chi connectivity index (χ0n) is 10.8. The second-order valence-corrected chi connectivity index (χ2v) is 7.48. The SMILES string of the molecule is N#Cc1ccc(C(=O)C2CC3CCC(C2)S3=O)c(F)c1. The Morgan fingerprint density at radius 3 is 2.50 bits per heavy atom. The van der Waals surface area contributed by atoms with Gasteiger partial charge in [-0.2, -0.15) is 5.26 Å². The molecule has 0 aromatic heterocycles. The minimum Gasteiger partial charge on any atom is -0.294 e. The normalized spacial score (nSPS) is 31.8. The van der Waals surface area contributed by atoms with Crippen molar-refractivity contribution in [2.45, 2.75) is 36.2 Å². The molecule has 1 aromatic rings. The first-order chi connectivity index (χ1) is 9.60. The summed E-state index contributed by atoms with van der Waals surface area (Å²) < 4.78 is 25.8. The third kappa shape index (κ3) is 2.18. The Morgan fingerprint density at radius 1 is 1.30 bits per heavy atom. The molecule has 104 valence electrons. The van der Waals surface area contributed by atoms with Gasteiger partial charge < -0.3 is 0 Å². The molecule has 2 unspecified atom stereocenters. The van der Waals surface area contributed by atoms with Crippen molar-refractivity contribution in [1.29, 1.82) is 5.26 Å². The van der Waals surface area contributed by atoms with E-state index in [2.05, 4.69) is 0 Å². The van der Waals surface area contributed by atoms with Crippen LogP contribution >= 0.6 is 0 Å². The lowest BCUT2D eigenvalue weighted by Crippen LogP contribution is -2.32. The van der Waals surface area contributed by atoms with Gasteiger partial charge in [-0.25, -0.2) is 4.39 Å². The summed E-state index contributed by atoms with van der Waals surface area (Å²) >= 11 is 0. The molecule has 2 aliphatic rings. The summed E-state index contributed by atoms with van der Waals surface area (Å²) in [4.78, 5) is 12.4. The summed E-state index contributed by atoms with van der Waals surface area (Å²) in [5.74, 6) is -1.07. The molecular formula is C15H14FNO2S. The second-order valence-electron chi connectivity index (χ2n) is 5.49. The van der Waals surface area contributed by atoms with Crippen LogP contribution < -0.4 is 0 Å². The van der Waals surface area contributed by atoms with E-state index in [1.807, 2.05) is 6.07 Å². The number of rotatable bonds is 2. The highest BCUT2D eigenvalue weighted by atomic mass is 32.2. The van der Waals surface area contributed by atoms with Crippen LogP contribution in [0.3, 0.4) is 0 Å². The van der Waals surface area contributed by atoms with Gasteiger partial charge in [0.25, 0.3) is 0 Å². The fraction of sp³-hybridized carbons (Fsp3) is 0.467. The van der Waals surface area contributed by atoms with Crippen molar-refractivity contribution < 1.29 is 13.4 Å². The van der Waals surface area contributed by atoms with Crippen LogP contribution in [0.15, 0.2) is 18.2 Å². The maximum Gasteiger partial charge on any atom is 0.168 e. The number of nitrogens with zero attached hydrogens (tertiary/aromatic N) is 1. The van der Waals surface area contributed by atoms with Crippen LogP contribution in [0.2, 0.25) is 0 Å². The van der Waals surface area contributed by atoms with E-state index < -0.39 is 16.6 Å².